The van der Waals surface area contributed by atoms with Gasteiger partial charge in [-0.05, 0) is 30.2 Å². The highest BCUT2D eigenvalue weighted by molar-refractivity contribution is 5.93. The third-order valence-electron chi connectivity index (χ3n) is 2.88. The molecule has 0 spiro atoms. The predicted molar refractivity (Wildman–Crippen MR) is 57.6 cm³/mol. The minimum atomic E-state index is -0.695. The maximum atomic E-state index is 11.1. The van der Waals surface area contributed by atoms with E-state index in [1.165, 1.54) is 0 Å². The molecule has 2 N–H and O–H groups in total. The van der Waals surface area contributed by atoms with E-state index in [4.69, 9.17) is 10.5 Å². The van der Waals surface area contributed by atoms with E-state index in [1.54, 1.807) is 25.1 Å². The Balaban J connectivity index is 2.58. The molecule has 0 radical (unpaired) electrons. The summed E-state index contributed by atoms with van der Waals surface area (Å²) in [5.41, 5.74) is 6.75. The molecule has 1 atom stereocenters. The van der Waals surface area contributed by atoms with Crippen molar-refractivity contribution in [1.82, 2.24) is 0 Å². The largest absolute Gasteiger partial charge is 0.375 e. The quantitative estimate of drug-likeness (QED) is 0.763. The van der Waals surface area contributed by atoms with E-state index < -0.39 is 11.3 Å². The molecule has 1 amide bonds. The fraction of sp³-hybridized carbons (Fsp3) is 0.333. The number of nitrogens with two attached hydrogens (primary N) is 1. The SMILES string of the molecule is CC1(C#N)COCc2ccc(C(N)=O)cc21. The number of hydrogen-bond donors (Lipinski definition) is 1. The van der Waals surface area contributed by atoms with Crippen molar-refractivity contribution < 1.29 is 9.53 Å². The van der Waals surface area contributed by atoms with Gasteiger partial charge in [0.25, 0.3) is 0 Å². The number of carbonyl (C=O) groups is 1. The van der Waals surface area contributed by atoms with Crippen LogP contribution < -0.4 is 5.73 Å². The summed E-state index contributed by atoms with van der Waals surface area (Å²) < 4.78 is 5.36. The van der Waals surface area contributed by atoms with Crippen LogP contribution >= 0.6 is 0 Å². The number of ether oxygens (including phenoxy) is 1. The molecule has 1 aliphatic heterocycles. The Hall–Kier alpha value is -1.86. The first kappa shape index (κ1) is 10.7. The van der Waals surface area contributed by atoms with Crippen LogP contribution in [-0.4, -0.2) is 12.5 Å². The second-order valence-electron chi connectivity index (χ2n) is 4.17. The van der Waals surface area contributed by atoms with E-state index in [9.17, 15) is 10.1 Å². The number of nitrogens with zero attached hydrogens (tertiary/aromatic N) is 1. The first-order valence-electron chi connectivity index (χ1n) is 4.99. The molecule has 4 nitrogen and oxygen atoms in total. The minimum Gasteiger partial charge on any atom is -0.375 e. The highest BCUT2D eigenvalue weighted by atomic mass is 16.5. The van der Waals surface area contributed by atoms with E-state index in [1.807, 2.05) is 0 Å². The number of amides is 1. The second kappa shape index (κ2) is 3.62. The lowest BCUT2D eigenvalue weighted by Crippen LogP contribution is -2.32. The van der Waals surface area contributed by atoms with Crippen molar-refractivity contribution in [2.75, 3.05) is 6.61 Å². The minimum absolute atomic E-state index is 0.346. The number of primary amides is 1. The van der Waals surface area contributed by atoms with Crippen molar-refractivity contribution >= 4 is 5.91 Å². The maximum absolute atomic E-state index is 11.1. The van der Waals surface area contributed by atoms with Crippen molar-refractivity contribution in [3.63, 3.8) is 0 Å². The van der Waals surface area contributed by atoms with Gasteiger partial charge in [0, 0.05) is 5.56 Å². The van der Waals surface area contributed by atoms with Gasteiger partial charge in [0.15, 0.2) is 0 Å². The van der Waals surface area contributed by atoms with E-state index in [0.717, 1.165) is 11.1 Å². The molecule has 1 heterocycles. The Morgan fingerprint density at radius 2 is 2.38 bits per heavy atom. The Labute approximate surface area is 93.6 Å². The van der Waals surface area contributed by atoms with E-state index in [2.05, 4.69) is 6.07 Å². The van der Waals surface area contributed by atoms with Crippen molar-refractivity contribution in [2.24, 2.45) is 5.73 Å². The zero-order chi connectivity index (χ0) is 11.8. The summed E-state index contributed by atoms with van der Waals surface area (Å²) in [4.78, 5) is 11.1. The van der Waals surface area contributed by atoms with Crippen molar-refractivity contribution in [3.8, 4) is 6.07 Å². The van der Waals surface area contributed by atoms with Gasteiger partial charge in [-0.25, -0.2) is 0 Å². The number of fused-ring (bicyclic) bond motifs is 1. The summed E-state index contributed by atoms with van der Waals surface area (Å²) in [5.74, 6) is -0.477. The molecule has 1 aromatic rings. The fourth-order valence-corrected chi connectivity index (χ4v) is 1.90. The molecule has 1 aliphatic rings. The van der Waals surface area contributed by atoms with Crippen LogP contribution in [0.1, 0.15) is 28.4 Å². The summed E-state index contributed by atoms with van der Waals surface area (Å²) in [6.45, 7) is 2.63. The number of benzene rings is 1. The Morgan fingerprint density at radius 1 is 1.62 bits per heavy atom. The summed E-state index contributed by atoms with van der Waals surface area (Å²) in [7, 11) is 0. The monoisotopic (exact) mass is 216 g/mol. The van der Waals surface area contributed by atoms with Gasteiger partial charge in [0.2, 0.25) is 5.91 Å². The van der Waals surface area contributed by atoms with Gasteiger partial charge in [-0.1, -0.05) is 6.07 Å². The number of hydrogen-bond acceptors (Lipinski definition) is 3. The van der Waals surface area contributed by atoms with E-state index in [0.29, 0.717) is 18.8 Å². The van der Waals surface area contributed by atoms with Gasteiger partial charge in [0.05, 0.1) is 19.3 Å². The molecule has 2 rings (SSSR count). The molecular weight excluding hydrogens is 204 g/mol. The van der Waals surface area contributed by atoms with Crippen molar-refractivity contribution in [2.45, 2.75) is 18.9 Å². The van der Waals surface area contributed by atoms with Gasteiger partial charge < -0.3 is 10.5 Å². The Bertz CT molecular complexity index is 490. The molecule has 4 heteroatoms. The predicted octanol–water partition coefficient (Wildman–Crippen LogP) is 1.10. The van der Waals surface area contributed by atoms with E-state index in [-0.39, 0.29) is 0 Å². The lowest BCUT2D eigenvalue weighted by molar-refractivity contribution is 0.0758. The van der Waals surface area contributed by atoms with Crippen LogP contribution in [0.25, 0.3) is 0 Å². The highest BCUT2D eigenvalue weighted by Crippen LogP contribution is 2.32. The standard InChI is InChI=1S/C12H12N2O2/c1-12(6-13)7-16-5-9-3-2-8(11(14)15)4-10(9)12/h2-4H,5,7H2,1H3,(H2,14,15). The van der Waals surface area contributed by atoms with Crippen LogP contribution in [0.2, 0.25) is 0 Å². The number of nitriles is 1. The van der Waals surface area contributed by atoms with Gasteiger partial charge in [-0.2, -0.15) is 5.26 Å². The molecule has 1 aromatic carbocycles. The summed E-state index contributed by atoms with van der Waals surface area (Å²) in [5, 5.41) is 9.18. The average molecular weight is 216 g/mol. The summed E-state index contributed by atoms with van der Waals surface area (Å²) >= 11 is 0. The molecule has 0 bridgehead atoms. The Kier molecular flexibility index (Phi) is 2.41. The molecule has 0 fully saturated rings. The number of rotatable bonds is 1. The molecule has 1 unspecified atom stereocenters. The zero-order valence-electron chi connectivity index (χ0n) is 8.99. The summed E-state index contributed by atoms with van der Waals surface area (Å²) in [6.07, 6.45) is 0. The molecule has 0 saturated carbocycles. The lowest BCUT2D eigenvalue weighted by Gasteiger charge is -2.30. The third kappa shape index (κ3) is 1.55. The molecule has 0 aromatic heterocycles. The van der Waals surface area contributed by atoms with Crippen LogP contribution in [0.15, 0.2) is 18.2 Å². The topological polar surface area (TPSA) is 76.1 Å². The average Bonchev–Trinajstić information content (AvgIpc) is 2.29. The molecule has 0 aliphatic carbocycles. The fourth-order valence-electron chi connectivity index (χ4n) is 1.90. The molecule has 0 saturated heterocycles. The Morgan fingerprint density at radius 3 is 3.00 bits per heavy atom. The van der Waals surface area contributed by atoms with Gasteiger partial charge in [-0.3, -0.25) is 4.79 Å². The van der Waals surface area contributed by atoms with Crippen molar-refractivity contribution in [1.29, 1.82) is 5.26 Å². The van der Waals surface area contributed by atoms with Crippen LogP contribution in [0.3, 0.4) is 0 Å². The molecule has 82 valence electrons. The lowest BCUT2D eigenvalue weighted by atomic mass is 9.79. The molecular formula is C12H12N2O2. The second-order valence-corrected chi connectivity index (χ2v) is 4.17. The maximum Gasteiger partial charge on any atom is 0.248 e. The normalized spacial score (nSPS) is 23.2. The zero-order valence-corrected chi connectivity index (χ0v) is 8.99. The van der Waals surface area contributed by atoms with Gasteiger partial charge >= 0.3 is 0 Å². The first-order chi connectivity index (χ1) is 7.57. The van der Waals surface area contributed by atoms with Gasteiger partial charge in [0.1, 0.15) is 5.41 Å². The van der Waals surface area contributed by atoms with Crippen molar-refractivity contribution in [3.05, 3.63) is 34.9 Å². The molecule has 16 heavy (non-hydrogen) atoms. The smallest absolute Gasteiger partial charge is 0.248 e. The number of carbonyl (C=O) groups excluding carboxylic acids is 1. The van der Waals surface area contributed by atoms with E-state index >= 15 is 0 Å². The van der Waals surface area contributed by atoms with Crippen LogP contribution in [0.4, 0.5) is 0 Å². The van der Waals surface area contributed by atoms with Crippen LogP contribution in [0.5, 0.6) is 0 Å². The van der Waals surface area contributed by atoms with Crippen LogP contribution in [0, 0.1) is 11.3 Å². The summed E-state index contributed by atoms with van der Waals surface area (Å²) in [6, 6.07) is 7.38. The highest BCUT2D eigenvalue weighted by Gasteiger charge is 2.33. The van der Waals surface area contributed by atoms with Gasteiger partial charge in [-0.15, -0.1) is 0 Å². The third-order valence-corrected chi connectivity index (χ3v) is 2.88. The first-order valence-corrected chi connectivity index (χ1v) is 4.99. The van der Waals surface area contributed by atoms with Crippen LogP contribution in [-0.2, 0) is 16.8 Å².